The molecule has 1 aromatic carbocycles. The van der Waals surface area contributed by atoms with Gasteiger partial charge in [-0.3, -0.25) is 19.4 Å². The molecule has 6 rings (SSSR count). The van der Waals surface area contributed by atoms with E-state index in [1.54, 1.807) is 0 Å². The van der Waals surface area contributed by atoms with E-state index in [0.29, 0.717) is 32.4 Å². The molecule has 10 heteroatoms. The van der Waals surface area contributed by atoms with Crippen LogP contribution in [-0.4, -0.2) is 87.9 Å². The summed E-state index contributed by atoms with van der Waals surface area (Å²) in [6.45, 7) is 5.75. The van der Waals surface area contributed by atoms with E-state index < -0.39 is 11.5 Å². The zero-order chi connectivity index (χ0) is 30.4. The molecule has 1 aromatic rings. The molecule has 8 nitrogen and oxygen atoms in total. The minimum absolute atomic E-state index is 0.0641. The number of benzene rings is 1. The third-order valence-electron chi connectivity index (χ3n) is 10.7. The van der Waals surface area contributed by atoms with Gasteiger partial charge in [0.2, 0.25) is 11.8 Å². The first-order valence-corrected chi connectivity index (χ1v) is 16.3. The highest BCUT2D eigenvalue weighted by atomic mass is 19.3. The molecule has 0 aromatic heterocycles. The van der Waals surface area contributed by atoms with Gasteiger partial charge < -0.3 is 15.0 Å². The van der Waals surface area contributed by atoms with E-state index in [9.17, 15) is 23.2 Å². The molecule has 1 spiro atoms. The lowest BCUT2D eigenvalue weighted by molar-refractivity contribution is -0.139. The highest BCUT2D eigenvalue weighted by Gasteiger charge is 2.63. The maximum Gasteiger partial charge on any atom is 0.327 e. The minimum Gasteiger partial charge on any atom is -0.376 e. The molecule has 1 aliphatic carbocycles. The van der Waals surface area contributed by atoms with Gasteiger partial charge in [0.15, 0.2) is 0 Å². The van der Waals surface area contributed by atoms with Crippen molar-refractivity contribution in [2.45, 2.75) is 126 Å². The van der Waals surface area contributed by atoms with Gasteiger partial charge in [0.25, 0.3) is 5.91 Å². The number of carbonyl (C=O) groups excluding carboxylic acids is 3. The second kappa shape index (κ2) is 12.1. The number of nitrogens with one attached hydrogen (secondary N) is 1. The van der Waals surface area contributed by atoms with E-state index in [-0.39, 0.29) is 79.7 Å². The van der Waals surface area contributed by atoms with Crippen molar-refractivity contribution < 1.29 is 27.9 Å². The standard InChI is InChI=1S/C33H46F2N4O4/c1-22(2)39-31(42)38(21-27-9-6-18-43-27)30(41)32(39)19-25-10-11-26(20-32)37(25)17-14-28(23-7-4-3-5-8-23)36-29(40)24-12-15-33(34,35)16-13-24/h3-5,7-8,22,24-28H,6,9-21H2,1-2H3,(H,36,40)/t25-,26?,27?,28+,32?/m1/s1. The fourth-order valence-corrected chi connectivity index (χ4v) is 8.55. The Labute approximate surface area is 253 Å². The average molecular weight is 601 g/mol. The summed E-state index contributed by atoms with van der Waals surface area (Å²) in [7, 11) is 0. The molecule has 5 atom stereocenters. The monoisotopic (exact) mass is 600 g/mol. The summed E-state index contributed by atoms with van der Waals surface area (Å²) in [5.41, 5.74) is 0.188. The number of piperidine rings is 1. The third-order valence-corrected chi connectivity index (χ3v) is 10.7. The molecule has 5 fully saturated rings. The van der Waals surface area contributed by atoms with Crippen LogP contribution >= 0.6 is 0 Å². The maximum atomic E-state index is 14.1. The zero-order valence-corrected chi connectivity index (χ0v) is 25.5. The van der Waals surface area contributed by atoms with E-state index in [1.165, 1.54) is 4.90 Å². The molecule has 4 aliphatic heterocycles. The second-order valence-corrected chi connectivity index (χ2v) is 13.8. The third kappa shape index (κ3) is 5.93. The Hall–Kier alpha value is -2.59. The number of amides is 4. The zero-order valence-electron chi connectivity index (χ0n) is 25.5. The van der Waals surface area contributed by atoms with Crippen LogP contribution in [0.15, 0.2) is 30.3 Å². The van der Waals surface area contributed by atoms with Crippen LogP contribution < -0.4 is 5.32 Å². The van der Waals surface area contributed by atoms with E-state index in [0.717, 1.165) is 37.8 Å². The summed E-state index contributed by atoms with van der Waals surface area (Å²) < 4.78 is 33.2. The van der Waals surface area contributed by atoms with E-state index in [2.05, 4.69) is 10.2 Å². The first kappa shape index (κ1) is 30.4. The molecule has 236 valence electrons. The number of hydrogen-bond donors (Lipinski definition) is 1. The molecule has 1 N–H and O–H groups in total. The topological polar surface area (TPSA) is 82.2 Å². The van der Waals surface area contributed by atoms with Crippen LogP contribution in [0.25, 0.3) is 0 Å². The van der Waals surface area contributed by atoms with Gasteiger partial charge in [-0.2, -0.15) is 0 Å². The van der Waals surface area contributed by atoms with Gasteiger partial charge in [-0.05, 0) is 77.2 Å². The van der Waals surface area contributed by atoms with E-state index in [4.69, 9.17) is 4.74 Å². The summed E-state index contributed by atoms with van der Waals surface area (Å²) in [5.74, 6) is -3.26. The van der Waals surface area contributed by atoms with Crippen LogP contribution in [0, 0.1) is 5.92 Å². The van der Waals surface area contributed by atoms with E-state index in [1.807, 2.05) is 49.1 Å². The Balaban J connectivity index is 1.14. The number of urea groups is 1. The number of fused-ring (bicyclic) bond motifs is 2. The molecule has 4 amide bonds. The quantitative estimate of drug-likeness (QED) is 0.391. The summed E-state index contributed by atoms with van der Waals surface area (Å²) in [6, 6.07) is 9.71. The predicted molar refractivity (Wildman–Crippen MR) is 157 cm³/mol. The van der Waals surface area contributed by atoms with Gasteiger partial charge in [-0.15, -0.1) is 0 Å². The Morgan fingerprint density at radius 1 is 1.02 bits per heavy atom. The SMILES string of the molecule is CC(C)N1C(=O)N(CC2CCCO2)C(=O)C12CC1CC[C@H](C2)N1CC[C@H](NC(=O)C1CCC(F)(F)CC1)c1ccccc1. The largest absolute Gasteiger partial charge is 0.376 e. The van der Waals surface area contributed by atoms with E-state index >= 15 is 0 Å². The van der Waals surface area contributed by atoms with Crippen molar-refractivity contribution in [3.05, 3.63) is 35.9 Å². The number of rotatable bonds is 9. The lowest BCUT2D eigenvalue weighted by Gasteiger charge is -2.48. The number of hydrogen-bond acceptors (Lipinski definition) is 5. The molecule has 4 saturated heterocycles. The second-order valence-electron chi connectivity index (χ2n) is 13.8. The fraction of sp³-hybridized carbons (Fsp3) is 0.727. The van der Waals surface area contributed by atoms with Crippen LogP contribution in [0.4, 0.5) is 13.6 Å². The predicted octanol–water partition coefficient (Wildman–Crippen LogP) is 5.28. The molecular formula is C33H46F2N4O4. The van der Waals surface area contributed by atoms with Crippen molar-refractivity contribution >= 4 is 17.8 Å². The van der Waals surface area contributed by atoms with Crippen LogP contribution in [0.1, 0.15) is 96.1 Å². The number of alkyl halides is 2. The summed E-state index contributed by atoms with van der Waals surface area (Å²) in [4.78, 5) is 46.8. The van der Waals surface area contributed by atoms with Crippen LogP contribution in [0.2, 0.25) is 0 Å². The van der Waals surface area contributed by atoms with Gasteiger partial charge >= 0.3 is 6.03 Å². The van der Waals surface area contributed by atoms with Crippen molar-refractivity contribution in [2.75, 3.05) is 19.7 Å². The van der Waals surface area contributed by atoms with Crippen molar-refractivity contribution in [3.8, 4) is 0 Å². The maximum absolute atomic E-state index is 14.1. The summed E-state index contributed by atoms with van der Waals surface area (Å²) in [5, 5.41) is 3.21. The molecule has 0 radical (unpaired) electrons. The van der Waals surface area contributed by atoms with Crippen molar-refractivity contribution in [2.24, 2.45) is 5.92 Å². The van der Waals surface area contributed by atoms with Crippen LogP contribution in [0.5, 0.6) is 0 Å². The summed E-state index contributed by atoms with van der Waals surface area (Å²) >= 11 is 0. The first-order chi connectivity index (χ1) is 20.6. The van der Waals surface area contributed by atoms with Crippen molar-refractivity contribution in [1.29, 1.82) is 0 Å². The lowest BCUT2D eigenvalue weighted by atomic mass is 9.80. The molecule has 4 heterocycles. The summed E-state index contributed by atoms with van der Waals surface area (Å²) in [6.07, 6.45) is 5.57. The molecule has 1 saturated carbocycles. The van der Waals surface area contributed by atoms with Gasteiger partial charge in [0.1, 0.15) is 5.54 Å². The smallest absolute Gasteiger partial charge is 0.327 e. The number of ether oxygens (including phenoxy) is 1. The molecule has 43 heavy (non-hydrogen) atoms. The Kier molecular flexibility index (Phi) is 8.54. The lowest BCUT2D eigenvalue weighted by Crippen LogP contribution is -2.61. The normalized spacial score (nSPS) is 31.9. The number of nitrogens with zero attached hydrogens (tertiary/aromatic N) is 3. The molecule has 3 unspecified atom stereocenters. The Morgan fingerprint density at radius 2 is 1.70 bits per heavy atom. The van der Waals surface area contributed by atoms with Crippen molar-refractivity contribution in [1.82, 2.24) is 20.0 Å². The van der Waals surface area contributed by atoms with Gasteiger partial charge in [-0.25, -0.2) is 13.6 Å². The Morgan fingerprint density at radius 3 is 2.30 bits per heavy atom. The minimum atomic E-state index is -2.67. The number of imide groups is 1. The van der Waals surface area contributed by atoms with Gasteiger partial charge in [0.05, 0.1) is 18.7 Å². The fourth-order valence-electron chi connectivity index (χ4n) is 8.55. The average Bonchev–Trinajstić information content (AvgIpc) is 3.63. The molecule has 2 bridgehead atoms. The highest BCUT2D eigenvalue weighted by Crippen LogP contribution is 2.48. The highest BCUT2D eigenvalue weighted by molar-refractivity contribution is 6.07. The van der Waals surface area contributed by atoms with Gasteiger partial charge in [0, 0.05) is 50.0 Å². The van der Waals surface area contributed by atoms with Gasteiger partial charge in [-0.1, -0.05) is 30.3 Å². The first-order valence-electron chi connectivity index (χ1n) is 16.3. The van der Waals surface area contributed by atoms with Crippen molar-refractivity contribution in [3.63, 3.8) is 0 Å². The number of halogens is 2. The Bertz CT molecular complexity index is 1170. The number of carbonyl (C=O) groups is 3. The molecule has 5 aliphatic rings. The van der Waals surface area contributed by atoms with Crippen LogP contribution in [0.3, 0.4) is 0 Å². The molecular weight excluding hydrogens is 554 g/mol. The van der Waals surface area contributed by atoms with Crippen LogP contribution in [-0.2, 0) is 14.3 Å².